The molecule has 1 amide bonds. The van der Waals surface area contributed by atoms with Gasteiger partial charge in [-0.05, 0) is 38.1 Å². The van der Waals surface area contributed by atoms with Crippen LogP contribution in [0.5, 0.6) is 0 Å². The average molecular weight is 432 g/mol. The number of aliphatic carboxylic acids is 1. The first-order valence-electron chi connectivity index (χ1n) is 10.0. The van der Waals surface area contributed by atoms with Crippen molar-refractivity contribution in [2.75, 3.05) is 44.3 Å². The van der Waals surface area contributed by atoms with Gasteiger partial charge in [0.1, 0.15) is 0 Å². The number of nitrogens with zero attached hydrogens (tertiary/aromatic N) is 4. The Balaban J connectivity index is 0.000000318. The minimum atomic E-state index is -5.08. The number of hydrogen-bond acceptors (Lipinski definition) is 5. The molecule has 3 aliphatic rings. The van der Waals surface area contributed by atoms with Crippen LogP contribution < -0.4 is 4.90 Å². The third-order valence-corrected chi connectivity index (χ3v) is 6.05. The summed E-state index contributed by atoms with van der Waals surface area (Å²) in [6.07, 6.45) is 2.96. The zero-order valence-corrected chi connectivity index (χ0v) is 16.9. The lowest BCUT2D eigenvalue weighted by atomic mass is 9.85. The molecule has 11 heteroatoms. The van der Waals surface area contributed by atoms with E-state index < -0.39 is 12.1 Å². The van der Waals surface area contributed by atoms with Gasteiger partial charge in [0.2, 0.25) is 5.91 Å². The maximum atomic E-state index is 13.0. The lowest BCUT2D eigenvalue weighted by Crippen LogP contribution is -2.38. The van der Waals surface area contributed by atoms with Crippen LogP contribution in [-0.2, 0) is 21.4 Å². The number of carbonyl (C=O) groups is 2. The second-order valence-corrected chi connectivity index (χ2v) is 8.20. The summed E-state index contributed by atoms with van der Waals surface area (Å²) in [6, 6.07) is 0. The van der Waals surface area contributed by atoms with Gasteiger partial charge in [-0.1, -0.05) is 0 Å². The Morgan fingerprint density at radius 2 is 1.93 bits per heavy atom. The summed E-state index contributed by atoms with van der Waals surface area (Å²) >= 11 is 0. The molecule has 1 aromatic heterocycles. The summed E-state index contributed by atoms with van der Waals surface area (Å²) in [6.45, 7) is 5.75. The molecule has 30 heavy (non-hydrogen) atoms. The molecule has 3 fully saturated rings. The number of amides is 1. The Labute approximate surface area is 172 Å². The first kappa shape index (κ1) is 22.5. The van der Waals surface area contributed by atoms with E-state index in [-0.39, 0.29) is 5.41 Å². The fourth-order valence-electron chi connectivity index (χ4n) is 4.40. The molecule has 1 spiro atoms. The lowest BCUT2D eigenvalue weighted by molar-refractivity contribution is -0.192. The number of aromatic nitrogens is 2. The standard InChI is InChI=1S/C17H26N4O2.C2HF3O2/c1-19-12-15(10-18-19)21-7-5-17(16(21)22)4-6-20(13-17)11-14-2-8-23-9-3-14;3-2(4,5)1(6)7/h10,12,14H,2-9,11,13H2,1H3;(H,6,7). The SMILES string of the molecule is Cn1cc(N2CCC3(CCN(CC4CCOCC4)C3)C2=O)cn1.O=C(O)C(F)(F)F. The predicted molar refractivity (Wildman–Crippen MR) is 101 cm³/mol. The van der Waals surface area contributed by atoms with E-state index in [0.29, 0.717) is 5.91 Å². The van der Waals surface area contributed by atoms with E-state index >= 15 is 0 Å². The number of rotatable bonds is 3. The molecule has 4 heterocycles. The normalized spacial score (nSPS) is 25.6. The Bertz CT molecular complexity index is 763. The minimum Gasteiger partial charge on any atom is -0.475 e. The number of alkyl halides is 3. The van der Waals surface area contributed by atoms with Gasteiger partial charge in [-0.2, -0.15) is 18.3 Å². The number of ether oxygens (including phenoxy) is 1. The molecule has 3 saturated heterocycles. The average Bonchev–Trinajstić information content (AvgIpc) is 3.37. The number of carbonyl (C=O) groups excluding carboxylic acids is 1. The van der Waals surface area contributed by atoms with Gasteiger partial charge in [-0.25, -0.2) is 4.79 Å². The maximum Gasteiger partial charge on any atom is 0.490 e. The Morgan fingerprint density at radius 1 is 1.30 bits per heavy atom. The minimum absolute atomic E-state index is 0.152. The van der Waals surface area contributed by atoms with Gasteiger partial charge >= 0.3 is 12.1 Å². The van der Waals surface area contributed by atoms with Gasteiger partial charge in [0.25, 0.3) is 0 Å². The van der Waals surface area contributed by atoms with Crippen molar-refractivity contribution in [3.05, 3.63) is 12.4 Å². The van der Waals surface area contributed by atoms with E-state index in [0.717, 1.165) is 63.8 Å². The molecule has 0 aliphatic carbocycles. The van der Waals surface area contributed by atoms with Crippen molar-refractivity contribution in [1.29, 1.82) is 0 Å². The van der Waals surface area contributed by atoms with Crippen LogP contribution in [0.2, 0.25) is 0 Å². The molecule has 0 radical (unpaired) electrons. The second-order valence-electron chi connectivity index (χ2n) is 8.20. The molecule has 0 aromatic carbocycles. The number of hydrogen-bond donors (Lipinski definition) is 1. The second kappa shape index (κ2) is 8.93. The van der Waals surface area contributed by atoms with Gasteiger partial charge in [-0.3, -0.25) is 9.48 Å². The van der Waals surface area contributed by atoms with Crippen LogP contribution in [-0.4, -0.2) is 77.2 Å². The first-order valence-corrected chi connectivity index (χ1v) is 10.0. The lowest BCUT2D eigenvalue weighted by Gasteiger charge is -2.28. The summed E-state index contributed by atoms with van der Waals surface area (Å²) in [7, 11) is 1.89. The molecule has 168 valence electrons. The molecule has 1 unspecified atom stereocenters. The number of halogens is 3. The summed E-state index contributed by atoms with van der Waals surface area (Å²) in [4.78, 5) is 26.4. The quantitative estimate of drug-likeness (QED) is 0.785. The Kier molecular flexibility index (Phi) is 6.71. The van der Waals surface area contributed by atoms with Crippen molar-refractivity contribution in [1.82, 2.24) is 14.7 Å². The van der Waals surface area contributed by atoms with Crippen molar-refractivity contribution in [3.63, 3.8) is 0 Å². The van der Waals surface area contributed by atoms with Gasteiger partial charge in [0, 0.05) is 46.1 Å². The number of carboxylic acids is 1. The van der Waals surface area contributed by atoms with Crippen molar-refractivity contribution in [3.8, 4) is 0 Å². The topological polar surface area (TPSA) is 87.9 Å². The summed E-state index contributed by atoms with van der Waals surface area (Å²) in [5.41, 5.74) is 0.790. The van der Waals surface area contributed by atoms with Crippen LogP contribution in [0.25, 0.3) is 0 Å². The highest BCUT2D eigenvalue weighted by Crippen LogP contribution is 2.42. The first-order chi connectivity index (χ1) is 14.1. The molecule has 0 saturated carbocycles. The largest absolute Gasteiger partial charge is 0.490 e. The highest BCUT2D eigenvalue weighted by molar-refractivity contribution is 6.00. The maximum absolute atomic E-state index is 13.0. The van der Waals surface area contributed by atoms with Crippen molar-refractivity contribution in [2.45, 2.75) is 31.9 Å². The number of likely N-dealkylation sites (tertiary alicyclic amines) is 1. The zero-order chi connectivity index (χ0) is 21.9. The zero-order valence-electron chi connectivity index (χ0n) is 16.9. The molecule has 0 bridgehead atoms. The van der Waals surface area contributed by atoms with Gasteiger partial charge in [0.15, 0.2) is 0 Å². The molecule has 3 aliphatic heterocycles. The monoisotopic (exact) mass is 432 g/mol. The molecule has 1 atom stereocenters. The third kappa shape index (κ3) is 5.12. The van der Waals surface area contributed by atoms with Crippen LogP contribution in [0.4, 0.5) is 18.9 Å². The van der Waals surface area contributed by atoms with Crippen molar-refractivity contribution in [2.24, 2.45) is 18.4 Å². The summed E-state index contributed by atoms with van der Waals surface area (Å²) in [5.74, 6) is -1.71. The van der Waals surface area contributed by atoms with Crippen molar-refractivity contribution >= 4 is 17.6 Å². The van der Waals surface area contributed by atoms with Crippen molar-refractivity contribution < 1.29 is 32.6 Å². The predicted octanol–water partition coefficient (Wildman–Crippen LogP) is 1.91. The van der Waals surface area contributed by atoms with E-state index in [1.165, 1.54) is 12.8 Å². The summed E-state index contributed by atoms with van der Waals surface area (Å²) in [5, 5.41) is 11.3. The molecular formula is C19H27F3N4O4. The van der Waals surface area contributed by atoms with E-state index in [1.54, 1.807) is 10.9 Å². The number of anilines is 1. The van der Waals surface area contributed by atoms with E-state index in [2.05, 4.69) is 10.00 Å². The molecular weight excluding hydrogens is 405 g/mol. The highest BCUT2D eigenvalue weighted by atomic mass is 19.4. The van der Waals surface area contributed by atoms with E-state index in [9.17, 15) is 18.0 Å². The molecule has 1 aromatic rings. The molecule has 8 nitrogen and oxygen atoms in total. The highest BCUT2D eigenvalue weighted by Gasteiger charge is 2.51. The van der Waals surface area contributed by atoms with Gasteiger partial charge in [0.05, 0.1) is 17.3 Å². The van der Waals surface area contributed by atoms with E-state index in [1.807, 2.05) is 18.1 Å². The van der Waals surface area contributed by atoms with E-state index in [4.69, 9.17) is 14.6 Å². The van der Waals surface area contributed by atoms with Crippen LogP contribution in [0.1, 0.15) is 25.7 Å². The van der Waals surface area contributed by atoms with Crippen LogP contribution in [0, 0.1) is 11.3 Å². The number of aryl methyl sites for hydroxylation is 1. The van der Waals surface area contributed by atoms with Crippen LogP contribution in [0.3, 0.4) is 0 Å². The van der Waals surface area contributed by atoms with Crippen LogP contribution >= 0.6 is 0 Å². The number of carboxylic acid groups (broad SMARTS) is 1. The Morgan fingerprint density at radius 3 is 2.50 bits per heavy atom. The molecule has 4 rings (SSSR count). The van der Waals surface area contributed by atoms with Gasteiger partial charge < -0.3 is 19.6 Å². The third-order valence-electron chi connectivity index (χ3n) is 6.05. The smallest absolute Gasteiger partial charge is 0.475 e. The fraction of sp³-hybridized carbons (Fsp3) is 0.737. The van der Waals surface area contributed by atoms with Crippen LogP contribution in [0.15, 0.2) is 12.4 Å². The fourth-order valence-corrected chi connectivity index (χ4v) is 4.40. The van der Waals surface area contributed by atoms with Gasteiger partial charge in [-0.15, -0.1) is 0 Å². The summed E-state index contributed by atoms with van der Waals surface area (Å²) < 4.78 is 39.0. The Hall–Kier alpha value is -2.14. The molecule has 1 N–H and O–H groups in total.